The quantitative estimate of drug-likeness (QED) is 0.869. The highest BCUT2D eigenvalue weighted by Gasteiger charge is 2.25. The van der Waals surface area contributed by atoms with Crippen molar-refractivity contribution < 1.29 is 8.42 Å². The Morgan fingerprint density at radius 3 is 2.33 bits per heavy atom. The molecule has 2 rings (SSSR count). The fraction of sp³-hybridized carbons (Fsp3) is 0.0714. The average Bonchev–Trinajstić information content (AvgIpc) is 2.46. The van der Waals surface area contributed by atoms with E-state index < -0.39 is 10.0 Å². The van der Waals surface area contributed by atoms with E-state index in [0.29, 0.717) is 11.3 Å². The maximum absolute atomic E-state index is 12.7. The zero-order valence-electron chi connectivity index (χ0n) is 11.2. The van der Waals surface area contributed by atoms with E-state index in [1.54, 1.807) is 36.4 Å². The number of hydrogen-bond donors (Lipinski definition) is 1. The third-order valence-electron chi connectivity index (χ3n) is 2.98. The summed E-state index contributed by atoms with van der Waals surface area (Å²) < 4.78 is 26.5. The molecule has 21 heavy (non-hydrogen) atoms. The predicted octanol–water partition coefficient (Wildman–Crippen LogP) is 2.80. The molecule has 0 aliphatic heterocycles. The summed E-state index contributed by atoms with van der Waals surface area (Å²) in [5.41, 5.74) is 6.55. The van der Waals surface area contributed by atoms with Crippen molar-refractivity contribution in [1.29, 1.82) is 0 Å². The van der Waals surface area contributed by atoms with E-state index in [9.17, 15) is 8.42 Å². The largest absolute Gasteiger partial charge is 0.389 e. The normalized spacial score (nSPS) is 11.1. The molecular formula is C14H13ClN2O2S2. The van der Waals surface area contributed by atoms with E-state index in [-0.39, 0.29) is 14.9 Å². The molecule has 0 saturated heterocycles. The third-order valence-corrected chi connectivity index (χ3v) is 5.47. The van der Waals surface area contributed by atoms with E-state index in [1.807, 2.05) is 0 Å². The topological polar surface area (TPSA) is 63.4 Å². The van der Waals surface area contributed by atoms with Gasteiger partial charge in [-0.2, -0.15) is 0 Å². The van der Waals surface area contributed by atoms with Gasteiger partial charge in [-0.3, -0.25) is 4.31 Å². The molecule has 2 aromatic rings. The molecule has 0 unspecified atom stereocenters. The van der Waals surface area contributed by atoms with Crippen molar-refractivity contribution in [2.75, 3.05) is 11.4 Å². The fourth-order valence-corrected chi connectivity index (χ4v) is 3.77. The number of sulfonamides is 1. The van der Waals surface area contributed by atoms with Gasteiger partial charge in [0.2, 0.25) is 0 Å². The highest BCUT2D eigenvalue weighted by molar-refractivity contribution is 7.93. The molecular weight excluding hydrogens is 328 g/mol. The molecule has 0 aliphatic carbocycles. The van der Waals surface area contributed by atoms with Gasteiger partial charge in [0.05, 0.1) is 10.7 Å². The van der Waals surface area contributed by atoms with Gasteiger partial charge in [-0.25, -0.2) is 8.42 Å². The summed E-state index contributed by atoms with van der Waals surface area (Å²) in [6, 6.07) is 13.1. The predicted molar refractivity (Wildman–Crippen MR) is 89.4 cm³/mol. The smallest absolute Gasteiger partial charge is 0.265 e. The summed E-state index contributed by atoms with van der Waals surface area (Å²) >= 11 is 11.0. The number of nitrogens with zero attached hydrogens (tertiary/aromatic N) is 1. The molecule has 0 amide bonds. The number of halogens is 1. The minimum atomic E-state index is -3.79. The number of hydrogen-bond acceptors (Lipinski definition) is 3. The van der Waals surface area contributed by atoms with Crippen LogP contribution in [-0.4, -0.2) is 20.5 Å². The zero-order chi connectivity index (χ0) is 15.6. The van der Waals surface area contributed by atoms with Crippen molar-refractivity contribution in [3.05, 3.63) is 59.1 Å². The van der Waals surface area contributed by atoms with Crippen LogP contribution in [0.15, 0.2) is 53.4 Å². The van der Waals surface area contributed by atoms with Crippen LogP contribution in [0.1, 0.15) is 5.56 Å². The summed E-state index contributed by atoms with van der Waals surface area (Å²) in [5.74, 6) is 0. The van der Waals surface area contributed by atoms with E-state index >= 15 is 0 Å². The van der Waals surface area contributed by atoms with Gasteiger partial charge in [-0.15, -0.1) is 0 Å². The third kappa shape index (κ3) is 3.02. The maximum Gasteiger partial charge on any atom is 0.265 e. The minimum absolute atomic E-state index is 0.0342. The highest BCUT2D eigenvalue weighted by Crippen LogP contribution is 2.29. The molecule has 0 saturated carbocycles. The first-order chi connectivity index (χ1) is 9.85. The van der Waals surface area contributed by atoms with E-state index in [0.717, 1.165) is 4.31 Å². The molecule has 7 heteroatoms. The van der Waals surface area contributed by atoms with Gasteiger partial charge in [0.15, 0.2) is 0 Å². The van der Waals surface area contributed by atoms with Crippen LogP contribution in [0.2, 0.25) is 5.02 Å². The Hall–Kier alpha value is -1.63. The Morgan fingerprint density at radius 2 is 1.71 bits per heavy atom. The second-order valence-corrected chi connectivity index (χ2v) is 7.07. The molecule has 0 fully saturated rings. The maximum atomic E-state index is 12.7. The monoisotopic (exact) mass is 340 g/mol. The molecule has 2 aromatic carbocycles. The Labute approximate surface area is 134 Å². The molecule has 0 heterocycles. The van der Waals surface area contributed by atoms with Gasteiger partial charge in [-0.05, 0) is 24.3 Å². The van der Waals surface area contributed by atoms with E-state index in [1.165, 1.54) is 19.2 Å². The lowest BCUT2D eigenvalue weighted by atomic mass is 10.2. The van der Waals surface area contributed by atoms with Crippen molar-refractivity contribution in [2.24, 2.45) is 5.73 Å². The second kappa shape index (κ2) is 6.01. The molecule has 2 N–H and O–H groups in total. The van der Waals surface area contributed by atoms with Crippen molar-refractivity contribution in [1.82, 2.24) is 0 Å². The van der Waals surface area contributed by atoms with Crippen molar-refractivity contribution in [3.8, 4) is 0 Å². The molecule has 0 radical (unpaired) electrons. The first-order valence-corrected chi connectivity index (χ1v) is 8.20. The fourth-order valence-electron chi connectivity index (χ4n) is 1.89. The number of anilines is 1. The first kappa shape index (κ1) is 15.8. The number of benzene rings is 2. The Kier molecular flexibility index (Phi) is 4.51. The molecule has 0 atom stereocenters. The van der Waals surface area contributed by atoms with Gasteiger partial charge >= 0.3 is 0 Å². The first-order valence-electron chi connectivity index (χ1n) is 5.98. The van der Waals surface area contributed by atoms with Gasteiger partial charge in [-0.1, -0.05) is 48.1 Å². The van der Waals surface area contributed by atoms with Crippen LogP contribution in [0.5, 0.6) is 0 Å². The van der Waals surface area contributed by atoms with Crippen LogP contribution in [0, 0.1) is 0 Å². The second-order valence-electron chi connectivity index (χ2n) is 4.28. The summed E-state index contributed by atoms with van der Waals surface area (Å²) in [7, 11) is -2.35. The van der Waals surface area contributed by atoms with Gasteiger partial charge in [0.25, 0.3) is 10.0 Å². The van der Waals surface area contributed by atoms with Gasteiger partial charge in [0.1, 0.15) is 9.88 Å². The molecule has 0 bridgehead atoms. The molecule has 110 valence electrons. The average molecular weight is 341 g/mol. The zero-order valence-corrected chi connectivity index (χ0v) is 13.5. The Morgan fingerprint density at radius 1 is 1.14 bits per heavy atom. The lowest BCUT2D eigenvalue weighted by Crippen LogP contribution is -2.29. The summed E-state index contributed by atoms with van der Waals surface area (Å²) in [6.07, 6.45) is 0. The van der Waals surface area contributed by atoms with Crippen molar-refractivity contribution in [3.63, 3.8) is 0 Å². The standard InChI is InChI=1S/C14H13ClN2O2S2/c1-17(12-8-4-2-6-10(12)14(16)20)21(18,19)13-9-5-3-7-11(13)15/h2-9H,1H3,(H2,16,20). The molecule has 4 nitrogen and oxygen atoms in total. The van der Waals surface area contributed by atoms with Crippen LogP contribution in [0.25, 0.3) is 0 Å². The minimum Gasteiger partial charge on any atom is -0.389 e. The van der Waals surface area contributed by atoms with Crippen LogP contribution in [0.4, 0.5) is 5.69 Å². The van der Waals surface area contributed by atoms with Crippen LogP contribution >= 0.6 is 23.8 Å². The number of nitrogens with two attached hydrogens (primary N) is 1. The van der Waals surface area contributed by atoms with E-state index in [2.05, 4.69) is 0 Å². The van der Waals surface area contributed by atoms with Crippen LogP contribution in [-0.2, 0) is 10.0 Å². The summed E-state index contributed by atoms with van der Waals surface area (Å²) in [4.78, 5) is 0.165. The summed E-state index contributed by atoms with van der Waals surface area (Å²) in [5, 5.41) is 0.164. The van der Waals surface area contributed by atoms with Crippen LogP contribution in [0.3, 0.4) is 0 Å². The molecule has 0 spiro atoms. The molecule has 0 aliphatic rings. The number of thiocarbonyl (C=S) groups is 1. The van der Waals surface area contributed by atoms with Gasteiger partial charge < -0.3 is 5.73 Å². The number of rotatable bonds is 4. The lowest BCUT2D eigenvalue weighted by molar-refractivity contribution is 0.594. The number of para-hydroxylation sites is 1. The van der Waals surface area contributed by atoms with Crippen LogP contribution < -0.4 is 10.0 Å². The van der Waals surface area contributed by atoms with Crippen molar-refractivity contribution in [2.45, 2.75) is 4.90 Å². The molecule has 0 aromatic heterocycles. The lowest BCUT2D eigenvalue weighted by Gasteiger charge is -2.22. The van der Waals surface area contributed by atoms with Gasteiger partial charge in [0, 0.05) is 12.6 Å². The Balaban J connectivity index is 2.57. The Bertz CT molecular complexity index is 791. The highest BCUT2D eigenvalue weighted by atomic mass is 35.5. The SMILES string of the molecule is CN(c1ccccc1C(N)=S)S(=O)(=O)c1ccccc1Cl. The summed E-state index contributed by atoms with van der Waals surface area (Å²) in [6.45, 7) is 0. The van der Waals surface area contributed by atoms with E-state index in [4.69, 9.17) is 29.6 Å². The van der Waals surface area contributed by atoms with Crippen molar-refractivity contribution >= 4 is 44.5 Å².